The first-order valence-electron chi connectivity index (χ1n) is 7.21. The Morgan fingerprint density at radius 1 is 1.22 bits per heavy atom. The first-order valence-corrected chi connectivity index (χ1v) is 7.21. The smallest absolute Gasteiger partial charge is 0.316 e. The molecule has 18 heavy (non-hydrogen) atoms. The molecule has 0 heterocycles. The van der Waals surface area contributed by atoms with Crippen LogP contribution in [0.2, 0.25) is 0 Å². The molecule has 0 aromatic heterocycles. The summed E-state index contributed by atoms with van der Waals surface area (Å²) in [6, 6.07) is 0. The SMILES string of the molecule is CCOC(=O)C(C(=O)C1CCC(CC)C1)C(C)C. The van der Waals surface area contributed by atoms with E-state index in [2.05, 4.69) is 6.92 Å². The third kappa shape index (κ3) is 3.56. The minimum Gasteiger partial charge on any atom is -0.465 e. The maximum Gasteiger partial charge on any atom is 0.316 e. The summed E-state index contributed by atoms with van der Waals surface area (Å²) >= 11 is 0. The summed E-state index contributed by atoms with van der Waals surface area (Å²) in [5.74, 6) is -0.0275. The zero-order valence-electron chi connectivity index (χ0n) is 12.1. The fourth-order valence-electron chi connectivity index (χ4n) is 2.91. The van der Waals surface area contributed by atoms with Crippen molar-refractivity contribution in [3.8, 4) is 0 Å². The number of carbonyl (C=O) groups excluding carboxylic acids is 2. The predicted octanol–water partition coefficient (Wildman–Crippen LogP) is 3.22. The second-order valence-electron chi connectivity index (χ2n) is 5.66. The normalized spacial score (nSPS) is 25.2. The van der Waals surface area contributed by atoms with Crippen LogP contribution in [-0.4, -0.2) is 18.4 Å². The Hall–Kier alpha value is -0.860. The van der Waals surface area contributed by atoms with Crippen LogP contribution in [-0.2, 0) is 14.3 Å². The molecule has 0 saturated heterocycles. The summed E-state index contributed by atoms with van der Waals surface area (Å²) in [5.41, 5.74) is 0. The third-order valence-electron chi connectivity index (χ3n) is 4.03. The molecular formula is C15H26O3. The molecule has 1 saturated carbocycles. The highest BCUT2D eigenvalue weighted by molar-refractivity contribution is 6.00. The quantitative estimate of drug-likeness (QED) is 0.540. The molecular weight excluding hydrogens is 228 g/mol. The van der Waals surface area contributed by atoms with E-state index in [1.54, 1.807) is 6.92 Å². The molecule has 0 amide bonds. The average molecular weight is 254 g/mol. The van der Waals surface area contributed by atoms with Crippen molar-refractivity contribution in [1.29, 1.82) is 0 Å². The number of rotatable bonds is 6. The van der Waals surface area contributed by atoms with Crippen LogP contribution >= 0.6 is 0 Å². The molecule has 3 nitrogen and oxygen atoms in total. The van der Waals surface area contributed by atoms with Gasteiger partial charge in [0.1, 0.15) is 11.7 Å². The number of carbonyl (C=O) groups is 2. The Morgan fingerprint density at radius 3 is 2.33 bits per heavy atom. The average Bonchev–Trinajstić information content (AvgIpc) is 2.77. The Bertz CT molecular complexity index is 296. The summed E-state index contributed by atoms with van der Waals surface area (Å²) in [7, 11) is 0. The van der Waals surface area contributed by atoms with Crippen LogP contribution in [0.15, 0.2) is 0 Å². The standard InChI is InChI=1S/C15H26O3/c1-5-11-7-8-12(9-11)14(16)13(10(3)4)15(17)18-6-2/h10-13H,5-9H2,1-4H3. The van der Waals surface area contributed by atoms with Gasteiger partial charge in [0.2, 0.25) is 0 Å². The van der Waals surface area contributed by atoms with Crippen LogP contribution in [0, 0.1) is 23.7 Å². The van der Waals surface area contributed by atoms with E-state index in [0.717, 1.165) is 25.7 Å². The van der Waals surface area contributed by atoms with Crippen LogP contribution < -0.4 is 0 Å². The van der Waals surface area contributed by atoms with Crippen LogP contribution in [0.25, 0.3) is 0 Å². The third-order valence-corrected chi connectivity index (χ3v) is 4.03. The van der Waals surface area contributed by atoms with Crippen molar-refractivity contribution in [3.05, 3.63) is 0 Å². The van der Waals surface area contributed by atoms with E-state index in [1.165, 1.54) is 0 Å². The van der Waals surface area contributed by atoms with E-state index >= 15 is 0 Å². The molecule has 3 atom stereocenters. The second-order valence-corrected chi connectivity index (χ2v) is 5.66. The van der Waals surface area contributed by atoms with Gasteiger partial charge in [-0.2, -0.15) is 0 Å². The van der Waals surface area contributed by atoms with Crippen LogP contribution in [0.5, 0.6) is 0 Å². The molecule has 3 unspecified atom stereocenters. The molecule has 0 spiro atoms. The molecule has 1 rings (SSSR count). The first-order chi connectivity index (χ1) is 8.51. The zero-order chi connectivity index (χ0) is 13.7. The monoisotopic (exact) mass is 254 g/mol. The minimum absolute atomic E-state index is 0.0252. The van der Waals surface area contributed by atoms with Gasteiger partial charge in [-0.05, 0) is 38.0 Å². The van der Waals surface area contributed by atoms with Crippen molar-refractivity contribution in [2.45, 2.75) is 53.4 Å². The molecule has 0 aromatic rings. The minimum atomic E-state index is -0.564. The van der Waals surface area contributed by atoms with Gasteiger partial charge in [-0.15, -0.1) is 0 Å². The van der Waals surface area contributed by atoms with E-state index in [4.69, 9.17) is 4.74 Å². The number of hydrogen-bond acceptors (Lipinski definition) is 3. The van der Waals surface area contributed by atoms with E-state index in [9.17, 15) is 9.59 Å². The largest absolute Gasteiger partial charge is 0.465 e. The summed E-state index contributed by atoms with van der Waals surface area (Å²) < 4.78 is 5.04. The van der Waals surface area contributed by atoms with E-state index in [-0.39, 0.29) is 23.6 Å². The second kappa shape index (κ2) is 6.91. The van der Waals surface area contributed by atoms with Gasteiger partial charge in [0.25, 0.3) is 0 Å². The number of ether oxygens (including phenoxy) is 1. The maximum atomic E-state index is 12.5. The van der Waals surface area contributed by atoms with Crippen LogP contribution in [0.4, 0.5) is 0 Å². The summed E-state index contributed by atoms with van der Waals surface area (Å²) in [4.78, 5) is 24.4. The molecule has 0 aliphatic heterocycles. The van der Waals surface area contributed by atoms with Gasteiger partial charge in [0.05, 0.1) is 6.61 Å². The lowest BCUT2D eigenvalue weighted by Crippen LogP contribution is -2.34. The fourth-order valence-corrected chi connectivity index (χ4v) is 2.91. The number of esters is 1. The van der Waals surface area contributed by atoms with Gasteiger partial charge in [-0.25, -0.2) is 0 Å². The highest BCUT2D eigenvalue weighted by atomic mass is 16.5. The van der Waals surface area contributed by atoms with E-state index in [1.807, 2.05) is 13.8 Å². The molecule has 1 fully saturated rings. The van der Waals surface area contributed by atoms with E-state index in [0.29, 0.717) is 12.5 Å². The van der Waals surface area contributed by atoms with Gasteiger partial charge in [-0.1, -0.05) is 27.2 Å². The lowest BCUT2D eigenvalue weighted by atomic mass is 9.83. The number of hydrogen-bond donors (Lipinski definition) is 0. The van der Waals surface area contributed by atoms with Gasteiger partial charge in [0.15, 0.2) is 0 Å². The number of ketones is 1. The Morgan fingerprint density at radius 2 is 1.89 bits per heavy atom. The first kappa shape index (κ1) is 15.2. The van der Waals surface area contributed by atoms with Crippen molar-refractivity contribution in [2.75, 3.05) is 6.61 Å². The van der Waals surface area contributed by atoms with Gasteiger partial charge >= 0.3 is 5.97 Å². The van der Waals surface area contributed by atoms with Crippen LogP contribution in [0.3, 0.4) is 0 Å². The maximum absolute atomic E-state index is 12.5. The highest BCUT2D eigenvalue weighted by Gasteiger charge is 2.38. The van der Waals surface area contributed by atoms with Gasteiger partial charge in [-0.3, -0.25) is 9.59 Å². The lowest BCUT2D eigenvalue weighted by molar-refractivity contribution is -0.154. The van der Waals surface area contributed by atoms with Crippen molar-refractivity contribution in [2.24, 2.45) is 23.7 Å². The number of Topliss-reactive ketones (excluding diaryl/α,β-unsaturated/α-hetero) is 1. The van der Waals surface area contributed by atoms with Gasteiger partial charge < -0.3 is 4.74 Å². The summed E-state index contributed by atoms with van der Waals surface area (Å²) in [6.45, 7) is 8.14. The molecule has 3 heteroatoms. The molecule has 0 aromatic carbocycles. The summed E-state index contributed by atoms with van der Waals surface area (Å²) in [6.07, 6.45) is 4.16. The van der Waals surface area contributed by atoms with E-state index < -0.39 is 5.92 Å². The van der Waals surface area contributed by atoms with Crippen molar-refractivity contribution in [3.63, 3.8) is 0 Å². The highest BCUT2D eigenvalue weighted by Crippen LogP contribution is 2.36. The van der Waals surface area contributed by atoms with Crippen molar-refractivity contribution in [1.82, 2.24) is 0 Å². The Kier molecular flexibility index (Phi) is 5.83. The topological polar surface area (TPSA) is 43.4 Å². The molecule has 0 radical (unpaired) electrons. The Labute approximate surface area is 110 Å². The van der Waals surface area contributed by atoms with Crippen LogP contribution in [0.1, 0.15) is 53.4 Å². The molecule has 1 aliphatic rings. The molecule has 1 aliphatic carbocycles. The molecule has 0 N–H and O–H groups in total. The zero-order valence-corrected chi connectivity index (χ0v) is 12.1. The Balaban J connectivity index is 2.69. The molecule has 0 bridgehead atoms. The summed E-state index contributed by atoms with van der Waals surface area (Å²) in [5, 5.41) is 0. The van der Waals surface area contributed by atoms with Crippen molar-refractivity contribution >= 4 is 11.8 Å². The van der Waals surface area contributed by atoms with Gasteiger partial charge in [0, 0.05) is 5.92 Å². The van der Waals surface area contributed by atoms with Crippen molar-refractivity contribution < 1.29 is 14.3 Å². The predicted molar refractivity (Wildman–Crippen MR) is 71.1 cm³/mol. The lowest BCUT2D eigenvalue weighted by Gasteiger charge is -2.21. The fraction of sp³-hybridized carbons (Fsp3) is 0.867. The molecule has 104 valence electrons.